The Labute approximate surface area is 247 Å². The molecule has 1 aromatic heterocycles. The van der Waals surface area contributed by atoms with Gasteiger partial charge in [0.05, 0.1) is 23.1 Å². The third-order valence-electron chi connectivity index (χ3n) is 8.06. The smallest absolute Gasteiger partial charge is 0.237 e. The molecule has 0 radical (unpaired) electrons. The van der Waals surface area contributed by atoms with Gasteiger partial charge in [0.2, 0.25) is 18.2 Å². The molecular formula is C32H43FN6O3. The third kappa shape index (κ3) is 7.15. The average Bonchev–Trinajstić information content (AvgIpc) is 3.58. The molecule has 1 fully saturated rings. The summed E-state index contributed by atoms with van der Waals surface area (Å²) in [5.74, 6) is 0.492. The minimum atomic E-state index is -0.329. The number of imidazole rings is 1. The number of fused-ring (bicyclic) bond motifs is 1. The zero-order chi connectivity index (χ0) is 30.4. The first kappa shape index (κ1) is 31.2. The van der Waals surface area contributed by atoms with E-state index in [1.54, 1.807) is 37.1 Å². The van der Waals surface area contributed by atoms with Crippen LogP contribution in [0.25, 0.3) is 22.2 Å². The predicted octanol–water partition coefficient (Wildman–Crippen LogP) is 4.41. The van der Waals surface area contributed by atoms with E-state index in [-0.39, 0.29) is 47.7 Å². The van der Waals surface area contributed by atoms with E-state index in [4.69, 9.17) is 4.98 Å². The molecular weight excluding hydrogens is 535 g/mol. The number of H-pyrrole nitrogens is 1. The molecule has 0 spiro atoms. The van der Waals surface area contributed by atoms with Gasteiger partial charge in [-0.15, -0.1) is 0 Å². The molecule has 3 aromatic rings. The van der Waals surface area contributed by atoms with Crippen LogP contribution in [-0.2, 0) is 14.4 Å². The number of para-hydroxylation sites is 1. The van der Waals surface area contributed by atoms with Gasteiger partial charge in [0.15, 0.2) is 0 Å². The van der Waals surface area contributed by atoms with Gasteiger partial charge < -0.3 is 25.4 Å². The summed E-state index contributed by atoms with van der Waals surface area (Å²) in [5, 5.41) is 5.91. The Hall–Kier alpha value is -3.79. The van der Waals surface area contributed by atoms with E-state index < -0.39 is 0 Å². The van der Waals surface area contributed by atoms with Gasteiger partial charge in [-0.2, -0.15) is 0 Å². The molecule has 1 aliphatic heterocycles. The van der Waals surface area contributed by atoms with Crippen LogP contribution in [0.15, 0.2) is 42.5 Å². The maximum Gasteiger partial charge on any atom is 0.237 e. The van der Waals surface area contributed by atoms with Gasteiger partial charge in [-0.05, 0) is 58.2 Å². The van der Waals surface area contributed by atoms with Crippen molar-refractivity contribution in [2.75, 3.05) is 20.1 Å². The fraction of sp³-hybridized carbons (Fsp3) is 0.500. The highest BCUT2D eigenvalue weighted by atomic mass is 19.1. The van der Waals surface area contributed by atoms with Crippen molar-refractivity contribution in [1.29, 1.82) is 0 Å². The highest BCUT2D eigenvalue weighted by Crippen LogP contribution is 2.37. The summed E-state index contributed by atoms with van der Waals surface area (Å²) in [6.45, 7) is 8.58. The van der Waals surface area contributed by atoms with E-state index in [9.17, 15) is 18.8 Å². The van der Waals surface area contributed by atoms with Crippen LogP contribution in [0.3, 0.4) is 0 Å². The molecule has 4 atom stereocenters. The normalized spacial score (nSPS) is 18.3. The summed E-state index contributed by atoms with van der Waals surface area (Å²) in [6, 6.07) is 11.4. The molecule has 4 rings (SSSR count). The lowest BCUT2D eigenvalue weighted by Gasteiger charge is -2.31. The van der Waals surface area contributed by atoms with Crippen LogP contribution >= 0.6 is 0 Å². The lowest BCUT2D eigenvalue weighted by molar-refractivity contribution is -0.133. The monoisotopic (exact) mass is 578 g/mol. The molecule has 226 valence electrons. The van der Waals surface area contributed by atoms with Gasteiger partial charge in [-0.25, -0.2) is 9.37 Å². The van der Waals surface area contributed by atoms with Crippen LogP contribution in [0.5, 0.6) is 0 Å². The lowest BCUT2D eigenvalue weighted by atomic mass is 10.0. The molecule has 2 heterocycles. The summed E-state index contributed by atoms with van der Waals surface area (Å²) in [7, 11) is 1.73. The Kier molecular flexibility index (Phi) is 10.3. The van der Waals surface area contributed by atoms with Crippen molar-refractivity contribution in [3.05, 3.63) is 54.1 Å². The molecule has 0 aliphatic carbocycles. The summed E-state index contributed by atoms with van der Waals surface area (Å²) in [6.07, 6.45) is 3.41. The largest absolute Gasteiger partial charge is 0.351 e. The number of nitrogens with one attached hydrogen (secondary N) is 3. The van der Waals surface area contributed by atoms with E-state index in [0.717, 1.165) is 24.8 Å². The SMILES string of the molecule is CNC(C)C(=O)NC(C)CN(CCC1CCC(c2nc3c(-c4ccccc4F)cccc3[nH]2)N1C=O)C(=O)CC(C)C. The molecule has 4 unspecified atom stereocenters. The molecule has 0 saturated carbocycles. The second-order valence-corrected chi connectivity index (χ2v) is 11.7. The zero-order valence-electron chi connectivity index (χ0n) is 25.2. The fourth-order valence-corrected chi connectivity index (χ4v) is 5.72. The molecule has 3 N–H and O–H groups in total. The maximum atomic E-state index is 14.6. The van der Waals surface area contributed by atoms with Crippen molar-refractivity contribution in [2.24, 2.45) is 5.92 Å². The van der Waals surface area contributed by atoms with Crippen molar-refractivity contribution in [3.8, 4) is 11.1 Å². The minimum absolute atomic E-state index is 0.0397. The number of carbonyl (C=O) groups excluding carboxylic acids is 3. The Morgan fingerprint density at radius 2 is 1.86 bits per heavy atom. The molecule has 0 bridgehead atoms. The molecule has 9 nitrogen and oxygen atoms in total. The van der Waals surface area contributed by atoms with Crippen LogP contribution in [0.4, 0.5) is 4.39 Å². The average molecular weight is 579 g/mol. The van der Waals surface area contributed by atoms with Gasteiger partial charge in [0.1, 0.15) is 11.6 Å². The Balaban J connectivity index is 1.48. The highest BCUT2D eigenvalue weighted by molar-refractivity contribution is 5.92. The van der Waals surface area contributed by atoms with E-state index in [1.165, 1.54) is 6.07 Å². The highest BCUT2D eigenvalue weighted by Gasteiger charge is 2.36. The van der Waals surface area contributed by atoms with Crippen molar-refractivity contribution >= 4 is 29.3 Å². The number of benzene rings is 2. The Morgan fingerprint density at radius 3 is 2.55 bits per heavy atom. The number of aromatic amines is 1. The number of hydrogen-bond donors (Lipinski definition) is 3. The van der Waals surface area contributed by atoms with Gasteiger partial charge in [-0.1, -0.05) is 44.2 Å². The van der Waals surface area contributed by atoms with Crippen molar-refractivity contribution < 1.29 is 18.8 Å². The van der Waals surface area contributed by atoms with Crippen molar-refractivity contribution in [2.45, 2.75) is 77.5 Å². The number of amides is 3. The van der Waals surface area contributed by atoms with Crippen LogP contribution in [-0.4, -0.2) is 76.3 Å². The number of rotatable bonds is 13. The second kappa shape index (κ2) is 13.9. The van der Waals surface area contributed by atoms with Gasteiger partial charge in [0.25, 0.3) is 0 Å². The van der Waals surface area contributed by atoms with E-state index in [0.29, 0.717) is 48.4 Å². The fourth-order valence-electron chi connectivity index (χ4n) is 5.72. The first-order valence-electron chi connectivity index (χ1n) is 14.8. The number of halogens is 1. The first-order valence-corrected chi connectivity index (χ1v) is 14.8. The van der Waals surface area contributed by atoms with Crippen molar-refractivity contribution in [3.63, 3.8) is 0 Å². The predicted molar refractivity (Wildman–Crippen MR) is 162 cm³/mol. The number of likely N-dealkylation sites (N-methyl/N-ethyl adjacent to an activating group) is 1. The summed E-state index contributed by atoms with van der Waals surface area (Å²) >= 11 is 0. The second-order valence-electron chi connectivity index (χ2n) is 11.7. The quantitative estimate of drug-likeness (QED) is 0.260. The molecule has 2 aromatic carbocycles. The van der Waals surface area contributed by atoms with Crippen molar-refractivity contribution in [1.82, 2.24) is 30.4 Å². The van der Waals surface area contributed by atoms with Crippen LogP contribution in [0.2, 0.25) is 0 Å². The number of likely N-dealkylation sites (tertiary alicyclic amines) is 1. The van der Waals surface area contributed by atoms with E-state index >= 15 is 0 Å². The molecule has 3 amide bonds. The Morgan fingerprint density at radius 1 is 1.12 bits per heavy atom. The molecule has 1 aliphatic rings. The maximum absolute atomic E-state index is 14.6. The summed E-state index contributed by atoms with van der Waals surface area (Å²) in [4.78, 5) is 49.7. The molecule has 10 heteroatoms. The van der Waals surface area contributed by atoms with Crippen LogP contribution in [0.1, 0.15) is 65.2 Å². The standard InChI is InChI=1S/C32H43FN6O3/c1-20(2)17-29(41)38(18-21(3)35-32(42)22(4)34-5)16-15-23-13-14-28(39(23)19-40)31-36-27-12-8-10-25(30(27)37-31)24-9-6-7-11-26(24)33/h6-12,19-23,28,34H,13-18H2,1-5H3,(H,35,42)(H,36,37). The molecule has 1 saturated heterocycles. The third-order valence-corrected chi connectivity index (χ3v) is 8.06. The minimum Gasteiger partial charge on any atom is -0.351 e. The number of carbonyl (C=O) groups is 3. The van der Waals surface area contributed by atoms with E-state index in [1.807, 2.05) is 43.9 Å². The Bertz CT molecular complexity index is 1390. The van der Waals surface area contributed by atoms with Gasteiger partial charge in [-0.3, -0.25) is 14.4 Å². The summed E-state index contributed by atoms with van der Waals surface area (Å²) in [5.41, 5.74) is 2.63. The van der Waals surface area contributed by atoms with Crippen LogP contribution in [0, 0.1) is 11.7 Å². The van der Waals surface area contributed by atoms with Gasteiger partial charge >= 0.3 is 0 Å². The summed E-state index contributed by atoms with van der Waals surface area (Å²) < 4.78 is 14.6. The number of nitrogens with zero attached hydrogens (tertiary/aromatic N) is 3. The lowest BCUT2D eigenvalue weighted by Crippen LogP contribution is -2.49. The zero-order valence-corrected chi connectivity index (χ0v) is 25.2. The topological polar surface area (TPSA) is 110 Å². The number of aromatic nitrogens is 2. The first-order chi connectivity index (χ1) is 20.1. The molecule has 42 heavy (non-hydrogen) atoms. The van der Waals surface area contributed by atoms with E-state index in [2.05, 4.69) is 15.6 Å². The number of hydrogen-bond acceptors (Lipinski definition) is 5. The van der Waals surface area contributed by atoms with Crippen LogP contribution < -0.4 is 10.6 Å². The van der Waals surface area contributed by atoms with Gasteiger partial charge in [0, 0.05) is 42.7 Å².